The average molecular weight is 226 g/mol. The van der Waals surface area contributed by atoms with Crippen molar-refractivity contribution in [2.75, 3.05) is 19.8 Å². The van der Waals surface area contributed by atoms with E-state index in [0.717, 1.165) is 5.82 Å². The van der Waals surface area contributed by atoms with Crippen molar-refractivity contribution in [2.24, 2.45) is 0 Å². The first-order valence-electron chi connectivity index (χ1n) is 5.43. The van der Waals surface area contributed by atoms with Gasteiger partial charge in [0.25, 0.3) is 5.91 Å². The molecule has 0 bridgehead atoms. The Kier molecular flexibility index (Phi) is 4.91. The molecule has 0 aromatic carbocycles. The van der Waals surface area contributed by atoms with Crippen molar-refractivity contribution in [1.82, 2.24) is 20.5 Å². The summed E-state index contributed by atoms with van der Waals surface area (Å²) in [6.07, 6.45) is 0. The Hall–Kier alpha value is -1.43. The Morgan fingerprint density at radius 1 is 1.56 bits per heavy atom. The number of nitrogens with zero attached hydrogens (tertiary/aromatic N) is 2. The minimum atomic E-state index is -0.275. The van der Waals surface area contributed by atoms with Crippen LogP contribution in [0.25, 0.3) is 0 Å². The van der Waals surface area contributed by atoms with Crippen LogP contribution in [0, 0.1) is 0 Å². The van der Waals surface area contributed by atoms with E-state index in [-0.39, 0.29) is 17.6 Å². The molecule has 1 rings (SSSR count). The molecular formula is C10H18N4O2. The van der Waals surface area contributed by atoms with E-state index in [9.17, 15) is 4.79 Å². The average Bonchev–Trinajstić information content (AvgIpc) is 2.73. The number of amides is 1. The topological polar surface area (TPSA) is 79.9 Å². The van der Waals surface area contributed by atoms with E-state index in [2.05, 4.69) is 20.5 Å². The quantitative estimate of drug-likeness (QED) is 0.699. The predicted molar refractivity (Wildman–Crippen MR) is 59.3 cm³/mol. The van der Waals surface area contributed by atoms with Gasteiger partial charge in [-0.25, -0.2) is 4.98 Å². The van der Waals surface area contributed by atoms with Gasteiger partial charge < -0.3 is 10.1 Å². The molecular weight excluding hydrogens is 208 g/mol. The third-order valence-corrected chi connectivity index (χ3v) is 1.99. The van der Waals surface area contributed by atoms with Crippen molar-refractivity contribution in [2.45, 2.75) is 26.7 Å². The van der Waals surface area contributed by atoms with Gasteiger partial charge in [0.2, 0.25) is 5.82 Å². The molecule has 1 amide bonds. The molecule has 0 aliphatic heterocycles. The highest BCUT2D eigenvalue weighted by molar-refractivity contribution is 5.90. The van der Waals surface area contributed by atoms with Gasteiger partial charge in [0, 0.05) is 19.1 Å². The zero-order valence-corrected chi connectivity index (χ0v) is 9.91. The highest BCUT2D eigenvalue weighted by atomic mass is 16.5. The molecule has 0 fully saturated rings. The normalized spacial score (nSPS) is 10.8. The van der Waals surface area contributed by atoms with Gasteiger partial charge in [-0.05, 0) is 6.92 Å². The highest BCUT2D eigenvalue weighted by Crippen LogP contribution is 2.07. The molecule has 90 valence electrons. The van der Waals surface area contributed by atoms with Gasteiger partial charge in [-0.1, -0.05) is 13.8 Å². The standard InChI is InChI=1S/C10H18N4O2/c1-4-16-6-5-11-10(15)9-12-8(7(2)3)13-14-9/h7H,4-6H2,1-3H3,(H,11,15)(H,12,13,14). The van der Waals surface area contributed by atoms with Crippen LogP contribution < -0.4 is 5.32 Å². The smallest absolute Gasteiger partial charge is 0.291 e. The molecule has 0 radical (unpaired) electrons. The van der Waals surface area contributed by atoms with Crippen LogP contribution in [0.2, 0.25) is 0 Å². The summed E-state index contributed by atoms with van der Waals surface area (Å²) in [6.45, 7) is 7.50. The lowest BCUT2D eigenvalue weighted by atomic mass is 10.2. The maximum Gasteiger partial charge on any atom is 0.291 e. The molecule has 0 spiro atoms. The molecule has 1 aromatic rings. The first kappa shape index (κ1) is 12.6. The number of carbonyl (C=O) groups excluding carboxylic acids is 1. The van der Waals surface area contributed by atoms with Crippen LogP contribution in [0.5, 0.6) is 0 Å². The van der Waals surface area contributed by atoms with Gasteiger partial charge in [-0.3, -0.25) is 9.89 Å². The third kappa shape index (κ3) is 3.62. The van der Waals surface area contributed by atoms with E-state index in [0.29, 0.717) is 19.8 Å². The van der Waals surface area contributed by atoms with Crippen LogP contribution >= 0.6 is 0 Å². The fourth-order valence-corrected chi connectivity index (χ4v) is 1.09. The zero-order valence-electron chi connectivity index (χ0n) is 9.91. The van der Waals surface area contributed by atoms with Crippen molar-refractivity contribution in [1.29, 1.82) is 0 Å². The van der Waals surface area contributed by atoms with Gasteiger partial charge in [-0.15, -0.1) is 5.10 Å². The second kappa shape index (κ2) is 6.22. The zero-order chi connectivity index (χ0) is 12.0. The van der Waals surface area contributed by atoms with E-state index < -0.39 is 0 Å². The Labute approximate surface area is 94.8 Å². The van der Waals surface area contributed by atoms with Crippen LogP contribution in [0.15, 0.2) is 0 Å². The first-order valence-corrected chi connectivity index (χ1v) is 5.43. The van der Waals surface area contributed by atoms with E-state index in [1.54, 1.807) is 0 Å². The Morgan fingerprint density at radius 3 is 2.88 bits per heavy atom. The van der Waals surface area contributed by atoms with Crippen LogP contribution in [-0.4, -0.2) is 40.8 Å². The van der Waals surface area contributed by atoms with Crippen LogP contribution in [0.1, 0.15) is 43.1 Å². The van der Waals surface area contributed by atoms with Crippen molar-refractivity contribution in [3.8, 4) is 0 Å². The van der Waals surface area contributed by atoms with Crippen molar-refractivity contribution in [3.05, 3.63) is 11.6 Å². The molecule has 1 heterocycles. The monoisotopic (exact) mass is 226 g/mol. The maximum atomic E-state index is 11.5. The van der Waals surface area contributed by atoms with Gasteiger partial charge in [-0.2, -0.15) is 0 Å². The number of rotatable bonds is 6. The van der Waals surface area contributed by atoms with Gasteiger partial charge in [0.1, 0.15) is 5.82 Å². The summed E-state index contributed by atoms with van der Waals surface area (Å²) >= 11 is 0. The number of ether oxygens (including phenoxy) is 1. The number of aromatic nitrogens is 3. The van der Waals surface area contributed by atoms with Crippen LogP contribution in [0.4, 0.5) is 0 Å². The van der Waals surface area contributed by atoms with E-state index in [1.165, 1.54) is 0 Å². The van der Waals surface area contributed by atoms with Gasteiger partial charge in [0.15, 0.2) is 0 Å². The Bertz CT molecular complexity index is 335. The highest BCUT2D eigenvalue weighted by Gasteiger charge is 2.13. The number of H-pyrrole nitrogens is 1. The number of hydrogen-bond donors (Lipinski definition) is 2. The molecule has 0 saturated heterocycles. The van der Waals surface area contributed by atoms with Crippen molar-refractivity contribution < 1.29 is 9.53 Å². The Balaban J connectivity index is 2.40. The largest absolute Gasteiger partial charge is 0.380 e. The van der Waals surface area contributed by atoms with Crippen molar-refractivity contribution >= 4 is 5.91 Å². The summed E-state index contributed by atoms with van der Waals surface area (Å²) < 4.78 is 5.10. The summed E-state index contributed by atoms with van der Waals surface area (Å²) in [6, 6.07) is 0. The fourth-order valence-electron chi connectivity index (χ4n) is 1.09. The lowest BCUT2D eigenvalue weighted by Gasteiger charge is -2.01. The van der Waals surface area contributed by atoms with Crippen LogP contribution in [0.3, 0.4) is 0 Å². The Morgan fingerprint density at radius 2 is 2.31 bits per heavy atom. The minimum absolute atomic E-state index is 0.181. The SMILES string of the molecule is CCOCCNC(=O)c1n[nH]c(C(C)C)n1. The van der Waals surface area contributed by atoms with E-state index in [4.69, 9.17) is 4.74 Å². The first-order chi connectivity index (χ1) is 7.65. The fraction of sp³-hybridized carbons (Fsp3) is 0.700. The third-order valence-electron chi connectivity index (χ3n) is 1.99. The number of nitrogens with one attached hydrogen (secondary N) is 2. The lowest BCUT2D eigenvalue weighted by Crippen LogP contribution is -2.28. The second-order valence-electron chi connectivity index (χ2n) is 3.65. The molecule has 0 unspecified atom stereocenters. The summed E-state index contributed by atoms with van der Waals surface area (Å²) in [4.78, 5) is 15.6. The number of carbonyl (C=O) groups is 1. The van der Waals surface area contributed by atoms with E-state index in [1.807, 2.05) is 20.8 Å². The molecule has 2 N–H and O–H groups in total. The molecule has 1 aromatic heterocycles. The molecule has 0 saturated carbocycles. The summed E-state index contributed by atoms with van der Waals surface area (Å²) in [5, 5.41) is 9.26. The molecule has 0 aliphatic carbocycles. The number of hydrogen-bond acceptors (Lipinski definition) is 4. The van der Waals surface area contributed by atoms with E-state index >= 15 is 0 Å². The van der Waals surface area contributed by atoms with Crippen LogP contribution in [-0.2, 0) is 4.74 Å². The predicted octanol–water partition coefficient (Wildman–Crippen LogP) is 0.694. The van der Waals surface area contributed by atoms with Gasteiger partial charge >= 0.3 is 0 Å². The lowest BCUT2D eigenvalue weighted by molar-refractivity contribution is 0.0913. The number of aromatic amines is 1. The van der Waals surface area contributed by atoms with Crippen molar-refractivity contribution in [3.63, 3.8) is 0 Å². The van der Waals surface area contributed by atoms with Gasteiger partial charge in [0.05, 0.1) is 6.61 Å². The molecule has 16 heavy (non-hydrogen) atoms. The minimum Gasteiger partial charge on any atom is -0.380 e. The summed E-state index contributed by atoms with van der Waals surface area (Å²) in [5.41, 5.74) is 0. The molecule has 6 nitrogen and oxygen atoms in total. The molecule has 0 atom stereocenters. The second-order valence-corrected chi connectivity index (χ2v) is 3.65. The molecule has 0 aliphatic rings. The summed E-state index contributed by atoms with van der Waals surface area (Å²) in [7, 11) is 0. The molecule has 6 heteroatoms. The maximum absolute atomic E-state index is 11.5. The summed E-state index contributed by atoms with van der Waals surface area (Å²) in [5.74, 6) is 0.857.